The zero-order valence-electron chi connectivity index (χ0n) is 16.5. The molecule has 0 bridgehead atoms. The first-order chi connectivity index (χ1) is 13.9. The Morgan fingerprint density at radius 3 is 2.41 bits per heavy atom. The molecule has 0 saturated carbocycles. The molecule has 150 valence electrons. The fraction of sp³-hybridized carbons (Fsp3) is 0.333. The van der Waals surface area contributed by atoms with Crippen molar-refractivity contribution in [2.45, 2.75) is 51.4 Å². The molecule has 2 aromatic carbocycles. The summed E-state index contributed by atoms with van der Waals surface area (Å²) >= 11 is 12.7. The van der Waals surface area contributed by atoms with E-state index in [-0.39, 0.29) is 24.0 Å². The van der Waals surface area contributed by atoms with E-state index < -0.39 is 0 Å². The van der Waals surface area contributed by atoms with E-state index in [9.17, 15) is 9.59 Å². The van der Waals surface area contributed by atoms with Crippen molar-refractivity contribution in [3.63, 3.8) is 0 Å². The third-order valence-corrected chi connectivity index (χ3v) is 6.68. The molecule has 4 rings (SSSR count). The van der Waals surface area contributed by atoms with Crippen molar-refractivity contribution in [2.75, 3.05) is 4.90 Å². The van der Waals surface area contributed by atoms with E-state index >= 15 is 0 Å². The molecule has 1 aliphatic carbocycles. The Kier molecular flexibility index (Phi) is 5.54. The molecule has 5 heteroatoms. The number of Topliss-reactive ketones (excluding diaryl/α,β-unsaturated/α-hetero) is 1. The maximum atomic E-state index is 13.3. The highest BCUT2D eigenvalue weighted by atomic mass is 35.5. The minimum atomic E-state index is -0.345. The van der Waals surface area contributed by atoms with Crippen molar-refractivity contribution < 1.29 is 9.59 Å². The van der Waals surface area contributed by atoms with Crippen molar-refractivity contribution in [3.8, 4) is 0 Å². The molecule has 1 amide bonds. The second-order valence-electron chi connectivity index (χ2n) is 8.01. The molecule has 0 N–H and O–H groups in total. The Bertz CT molecular complexity index is 1010. The Balaban J connectivity index is 1.84. The van der Waals surface area contributed by atoms with Crippen LogP contribution in [0.4, 0.5) is 5.69 Å². The summed E-state index contributed by atoms with van der Waals surface area (Å²) in [7, 11) is 0. The second-order valence-corrected chi connectivity index (χ2v) is 8.80. The number of carbonyl (C=O) groups excluding carboxylic acids is 2. The van der Waals surface area contributed by atoms with Gasteiger partial charge in [0.05, 0.1) is 10.0 Å². The molecule has 0 radical (unpaired) electrons. The van der Waals surface area contributed by atoms with E-state index in [0.29, 0.717) is 34.4 Å². The summed E-state index contributed by atoms with van der Waals surface area (Å²) in [6.45, 7) is 4.28. The lowest BCUT2D eigenvalue weighted by atomic mass is 9.77. The van der Waals surface area contributed by atoms with Crippen molar-refractivity contribution in [2.24, 2.45) is 0 Å². The van der Waals surface area contributed by atoms with Crippen LogP contribution in [0.3, 0.4) is 0 Å². The normalized spacial score (nSPS) is 19.8. The first-order valence-corrected chi connectivity index (χ1v) is 10.8. The Labute approximate surface area is 181 Å². The van der Waals surface area contributed by atoms with Crippen molar-refractivity contribution in [1.29, 1.82) is 0 Å². The van der Waals surface area contributed by atoms with Gasteiger partial charge in [0, 0.05) is 35.7 Å². The van der Waals surface area contributed by atoms with Gasteiger partial charge < -0.3 is 0 Å². The Morgan fingerprint density at radius 2 is 1.72 bits per heavy atom. The molecule has 0 saturated heterocycles. The molecule has 29 heavy (non-hydrogen) atoms. The molecule has 0 fully saturated rings. The number of hydrogen-bond acceptors (Lipinski definition) is 2. The van der Waals surface area contributed by atoms with Gasteiger partial charge in [0.1, 0.15) is 0 Å². The minimum Gasteiger partial charge on any atom is -0.294 e. The summed E-state index contributed by atoms with van der Waals surface area (Å²) in [5.41, 5.74) is 4.32. The average molecular weight is 428 g/mol. The number of allylic oxidation sites excluding steroid dienone is 2. The standard InChI is InChI=1S/C24H23Cl2NO2/c1-14(2)15-9-11-16(12-10-15)27-20-7-4-8-21(28)23(20)18(13-22(27)29)17-5-3-6-19(25)24(17)26/h3,5-6,9-12,14,18H,4,7-8,13H2,1-2H3. The smallest absolute Gasteiger partial charge is 0.232 e. The van der Waals surface area contributed by atoms with Gasteiger partial charge in [-0.3, -0.25) is 14.5 Å². The zero-order valence-corrected chi connectivity index (χ0v) is 18.1. The van der Waals surface area contributed by atoms with Crippen molar-refractivity contribution >= 4 is 40.6 Å². The number of hydrogen-bond donors (Lipinski definition) is 0. The molecule has 0 aromatic heterocycles. The number of rotatable bonds is 3. The molecular formula is C24H23Cl2NO2. The Hall–Kier alpha value is -2.10. The summed E-state index contributed by atoms with van der Waals surface area (Å²) in [6, 6.07) is 13.5. The predicted octanol–water partition coefficient (Wildman–Crippen LogP) is 6.64. The fourth-order valence-corrected chi connectivity index (χ4v) is 4.80. The number of benzene rings is 2. The SMILES string of the molecule is CC(C)c1ccc(N2C(=O)CC(c3cccc(Cl)c3Cl)C3=C2CCCC3=O)cc1. The van der Waals surface area contributed by atoms with Gasteiger partial charge in [-0.1, -0.05) is 61.3 Å². The molecule has 1 unspecified atom stereocenters. The molecule has 0 spiro atoms. The maximum Gasteiger partial charge on any atom is 0.232 e. The van der Waals surface area contributed by atoms with Crippen LogP contribution in [0.2, 0.25) is 10.0 Å². The molecule has 3 nitrogen and oxygen atoms in total. The summed E-state index contributed by atoms with van der Waals surface area (Å²) in [6.07, 6.45) is 2.16. The number of nitrogens with zero attached hydrogens (tertiary/aromatic N) is 1. The molecule has 1 heterocycles. The number of carbonyl (C=O) groups is 2. The van der Waals surface area contributed by atoms with Crippen LogP contribution in [0.5, 0.6) is 0 Å². The van der Waals surface area contributed by atoms with E-state index in [2.05, 4.69) is 26.0 Å². The largest absolute Gasteiger partial charge is 0.294 e. The second kappa shape index (κ2) is 7.97. The zero-order chi connectivity index (χ0) is 20.7. The third kappa shape index (κ3) is 3.62. The van der Waals surface area contributed by atoms with Gasteiger partial charge in [-0.15, -0.1) is 0 Å². The van der Waals surface area contributed by atoms with Gasteiger partial charge >= 0.3 is 0 Å². The van der Waals surface area contributed by atoms with Gasteiger partial charge in [0.2, 0.25) is 5.91 Å². The van der Waals surface area contributed by atoms with E-state index in [1.807, 2.05) is 24.3 Å². The summed E-state index contributed by atoms with van der Waals surface area (Å²) in [5, 5.41) is 0.862. The quantitative estimate of drug-likeness (QED) is 0.549. The lowest BCUT2D eigenvalue weighted by Crippen LogP contribution is -2.40. The Morgan fingerprint density at radius 1 is 1.00 bits per heavy atom. The summed E-state index contributed by atoms with van der Waals surface area (Å²) in [4.78, 5) is 28.0. The lowest BCUT2D eigenvalue weighted by Gasteiger charge is -2.38. The van der Waals surface area contributed by atoms with Gasteiger partial charge in [-0.2, -0.15) is 0 Å². The fourth-order valence-electron chi connectivity index (χ4n) is 4.36. The molecular weight excluding hydrogens is 405 g/mol. The van der Waals surface area contributed by atoms with Crippen molar-refractivity contribution in [1.82, 2.24) is 0 Å². The first-order valence-electron chi connectivity index (χ1n) is 10.0. The van der Waals surface area contributed by atoms with Gasteiger partial charge in [-0.05, 0) is 48.1 Å². The van der Waals surface area contributed by atoms with Crippen LogP contribution in [0.25, 0.3) is 0 Å². The van der Waals surface area contributed by atoms with Crippen LogP contribution in [0, 0.1) is 0 Å². The molecule has 2 aliphatic rings. The van der Waals surface area contributed by atoms with E-state index in [0.717, 1.165) is 23.4 Å². The van der Waals surface area contributed by atoms with Crippen LogP contribution < -0.4 is 4.90 Å². The monoisotopic (exact) mass is 427 g/mol. The summed E-state index contributed by atoms with van der Waals surface area (Å²) < 4.78 is 0. The van der Waals surface area contributed by atoms with Crippen LogP contribution in [-0.2, 0) is 9.59 Å². The molecule has 1 aliphatic heterocycles. The topological polar surface area (TPSA) is 37.4 Å². The minimum absolute atomic E-state index is 0.0169. The third-order valence-electron chi connectivity index (χ3n) is 5.85. The number of amides is 1. The van der Waals surface area contributed by atoms with E-state index in [1.54, 1.807) is 11.0 Å². The van der Waals surface area contributed by atoms with Crippen molar-refractivity contribution in [3.05, 3.63) is 74.9 Å². The predicted molar refractivity (Wildman–Crippen MR) is 118 cm³/mol. The van der Waals surface area contributed by atoms with E-state index in [4.69, 9.17) is 23.2 Å². The van der Waals surface area contributed by atoms with Gasteiger partial charge in [0.25, 0.3) is 0 Å². The average Bonchev–Trinajstić information content (AvgIpc) is 2.70. The highest BCUT2D eigenvalue weighted by molar-refractivity contribution is 6.42. The van der Waals surface area contributed by atoms with Crippen LogP contribution in [0.15, 0.2) is 53.7 Å². The molecule has 1 atom stereocenters. The number of anilines is 1. The summed E-state index contributed by atoms with van der Waals surface area (Å²) in [5.74, 6) is 0.157. The highest BCUT2D eigenvalue weighted by Gasteiger charge is 2.40. The van der Waals surface area contributed by atoms with Gasteiger partial charge in [0.15, 0.2) is 5.78 Å². The van der Waals surface area contributed by atoms with Crippen LogP contribution in [0.1, 0.15) is 62.5 Å². The number of ketones is 1. The highest BCUT2D eigenvalue weighted by Crippen LogP contribution is 2.46. The maximum absolute atomic E-state index is 13.3. The van der Waals surface area contributed by atoms with Crippen LogP contribution in [-0.4, -0.2) is 11.7 Å². The van der Waals surface area contributed by atoms with Gasteiger partial charge in [-0.25, -0.2) is 0 Å². The first kappa shape index (κ1) is 20.2. The number of halogens is 2. The van der Waals surface area contributed by atoms with E-state index in [1.165, 1.54) is 5.56 Å². The van der Waals surface area contributed by atoms with Crippen LogP contribution >= 0.6 is 23.2 Å². The molecule has 2 aromatic rings. The lowest BCUT2D eigenvalue weighted by molar-refractivity contribution is -0.119.